The van der Waals surface area contributed by atoms with E-state index in [2.05, 4.69) is 44.5 Å². The fourth-order valence-electron chi connectivity index (χ4n) is 4.74. The highest BCUT2D eigenvalue weighted by atomic mass is 16.1. The van der Waals surface area contributed by atoms with Crippen LogP contribution >= 0.6 is 0 Å². The summed E-state index contributed by atoms with van der Waals surface area (Å²) in [6.07, 6.45) is 7.85. The molecule has 2 heterocycles. The Kier molecular flexibility index (Phi) is 4.90. The zero-order valence-corrected chi connectivity index (χ0v) is 16.4. The van der Waals surface area contributed by atoms with Crippen LogP contribution in [0.1, 0.15) is 37.3 Å². The summed E-state index contributed by atoms with van der Waals surface area (Å²) in [5, 5.41) is 6.82. The third kappa shape index (κ3) is 3.58. The number of anilines is 1. The molecule has 148 valence electrons. The molecule has 1 aliphatic carbocycles. The fraction of sp³-hybridized carbons (Fsp3) is 0.333. The number of amides is 1. The maximum absolute atomic E-state index is 12.5. The van der Waals surface area contributed by atoms with Crippen LogP contribution in [0.5, 0.6) is 0 Å². The lowest BCUT2D eigenvalue weighted by atomic mass is 9.85. The van der Waals surface area contributed by atoms with Gasteiger partial charge >= 0.3 is 0 Å². The van der Waals surface area contributed by atoms with E-state index in [9.17, 15) is 4.79 Å². The van der Waals surface area contributed by atoms with Crippen LogP contribution in [0.2, 0.25) is 0 Å². The molecular formula is C24H26N4O. The predicted molar refractivity (Wildman–Crippen MR) is 115 cm³/mol. The van der Waals surface area contributed by atoms with Crippen molar-refractivity contribution in [2.24, 2.45) is 5.92 Å². The summed E-state index contributed by atoms with van der Waals surface area (Å²) in [6, 6.07) is 19.1. The average molecular weight is 386 g/mol. The molecule has 0 radical (unpaired) electrons. The molecule has 1 atom stereocenters. The van der Waals surface area contributed by atoms with Gasteiger partial charge in [-0.2, -0.15) is 0 Å². The van der Waals surface area contributed by atoms with Gasteiger partial charge in [-0.1, -0.05) is 42.5 Å². The molecule has 2 aliphatic rings. The van der Waals surface area contributed by atoms with E-state index < -0.39 is 0 Å². The minimum atomic E-state index is 0.112. The molecule has 1 amide bonds. The number of carbonyl (C=O) groups excluding carboxylic acids is 1. The first-order valence-electron chi connectivity index (χ1n) is 10.5. The molecule has 2 N–H and O–H groups in total. The third-order valence-electron chi connectivity index (χ3n) is 6.34. The van der Waals surface area contributed by atoms with Crippen molar-refractivity contribution >= 4 is 11.6 Å². The second kappa shape index (κ2) is 7.84. The van der Waals surface area contributed by atoms with E-state index in [4.69, 9.17) is 0 Å². The van der Waals surface area contributed by atoms with Gasteiger partial charge in [0.2, 0.25) is 5.91 Å². The predicted octanol–water partition coefficient (Wildman–Crippen LogP) is 4.24. The second-order valence-corrected chi connectivity index (χ2v) is 8.10. The first-order chi connectivity index (χ1) is 14.3. The van der Waals surface area contributed by atoms with Gasteiger partial charge in [-0.25, -0.2) is 4.98 Å². The maximum atomic E-state index is 12.5. The Hall–Kier alpha value is -2.92. The Balaban J connectivity index is 1.16. The van der Waals surface area contributed by atoms with Gasteiger partial charge in [0.05, 0.1) is 24.3 Å². The highest BCUT2D eigenvalue weighted by Crippen LogP contribution is 2.38. The lowest BCUT2D eigenvalue weighted by molar-refractivity contribution is -0.120. The molecule has 0 saturated heterocycles. The highest BCUT2D eigenvalue weighted by molar-refractivity contribution is 5.92. The van der Waals surface area contributed by atoms with E-state index in [0.29, 0.717) is 12.1 Å². The molecular weight excluding hydrogens is 360 g/mol. The molecule has 3 aromatic rings. The average Bonchev–Trinajstić information content (AvgIpc) is 3.35. The van der Waals surface area contributed by atoms with Gasteiger partial charge in [-0.3, -0.25) is 4.79 Å². The zero-order chi connectivity index (χ0) is 19.6. The molecule has 0 spiro atoms. The molecule has 5 nitrogen and oxygen atoms in total. The molecule has 5 rings (SSSR count). The molecule has 1 aromatic heterocycles. The monoisotopic (exact) mass is 386 g/mol. The Bertz CT molecular complexity index is 989. The minimum Gasteiger partial charge on any atom is -0.326 e. The summed E-state index contributed by atoms with van der Waals surface area (Å²) < 4.78 is 2.27. The van der Waals surface area contributed by atoms with Crippen LogP contribution in [0, 0.1) is 5.92 Å². The molecule has 1 fully saturated rings. The smallest absolute Gasteiger partial charge is 0.227 e. The van der Waals surface area contributed by atoms with Crippen molar-refractivity contribution in [1.82, 2.24) is 14.9 Å². The SMILES string of the molecule is O=C(Nc1ccccc1)C1CCC(NCC2c3ccccc3-c3cncn32)CC1. The normalized spacial score (nSPS) is 22.7. The number of nitrogens with zero attached hydrogens (tertiary/aromatic N) is 2. The molecule has 1 unspecified atom stereocenters. The fourth-order valence-corrected chi connectivity index (χ4v) is 4.74. The molecule has 0 bridgehead atoms. The minimum absolute atomic E-state index is 0.112. The molecule has 1 aliphatic heterocycles. The van der Waals surface area contributed by atoms with Crippen LogP contribution in [-0.4, -0.2) is 28.0 Å². The summed E-state index contributed by atoms with van der Waals surface area (Å²) in [6.45, 7) is 0.895. The van der Waals surface area contributed by atoms with Gasteiger partial charge in [0.25, 0.3) is 0 Å². The van der Waals surface area contributed by atoms with E-state index >= 15 is 0 Å². The number of imidazole rings is 1. The van der Waals surface area contributed by atoms with Crippen LogP contribution in [0.3, 0.4) is 0 Å². The zero-order valence-electron chi connectivity index (χ0n) is 16.4. The van der Waals surface area contributed by atoms with E-state index in [1.807, 2.05) is 42.9 Å². The Labute approximate surface area is 171 Å². The van der Waals surface area contributed by atoms with Crippen LogP contribution in [0.25, 0.3) is 11.3 Å². The van der Waals surface area contributed by atoms with Gasteiger partial charge in [0.1, 0.15) is 0 Å². The first-order valence-corrected chi connectivity index (χ1v) is 10.5. The van der Waals surface area contributed by atoms with Crippen molar-refractivity contribution in [2.75, 3.05) is 11.9 Å². The number of hydrogen-bond donors (Lipinski definition) is 2. The van der Waals surface area contributed by atoms with Crippen molar-refractivity contribution in [2.45, 2.75) is 37.8 Å². The quantitative estimate of drug-likeness (QED) is 0.690. The van der Waals surface area contributed by atoms with Crippen LogP contribution < -0.4 is 10.6 Å². The van der Waals surface area contributed by atoms with Gasteiger partial charge in [0.15, 0.2) is 0 Å². The lowest BCUT2D eigenvalue weighted by Crippen LogP contribution is -2.38. The summed E-state index contributed by atoms with van der Waals surface area (Å²) in [5.74, 6) is 0.267. The number of fused-ring (bicyclic) bond motifs is 3. The van der Waals surface area contributed by atoms with Gasteiger partial charge in [0, 0.05) is 29.8 Å². The van der Waals surface area contributed by atoms with Crippen LogP contribution in [0.4, 0.5) is 5.69 Å². The standard InChI is InChI=1S/C24H26N4O/c29-24(27-19-6-2-1-3-7-19)17-10-12-18(13-11-17)26-15-23-21-9-5-4-8-20(21)22-14-25-16-28(22)23/h1-9,14,16-18,23,26H,10-13,15H2,(H,27,29). The largest absolute Gasteiger partial charge is 0.326 e. The number of nitrogens with one attached hydrogen (secondary N) is 2. The van der Waals surface area contributed by atoms with Crippen molar-refractivity contribution < 1.29 is 4.79 Å². The summed E-state index contributed by atoms with van der Waals surface area (Å²) in [7, 11) is 0. The van der Waals surface area contributed by atoms with Gasteiger partial charge < -0.3 is 15.2 Å². The number of carbonyl (C=O) groups is 1. The molecule has 2 aromatic carbocycles. The van der Waals surface area contributed by atoms with Crippen molar-refractivity contribution in [3.05, 3.63) is 72.7 Å². The highest BCUT2D eigenvalue weighted by Gasteiger charge is 2.30. The van der Waals surface area contributed by atoms with Crippen LogP contribution in [0.15, 0.2) is 67.1 Å². The van der Waals surface area contributed by atoms with Crippen molar-refractivity contribution in [3.8, 4) is 11.3 Å². The van der Waals surface area contributed by atoms with Gasteiger partial charge in [-0.05, 0) is 43.4 Å². The van der Waals surface area contributed by atoms with Crippen molar-refractivity contribution in [1.29, 1.82) is 0 Å². The van der Waals surface area contributed by atoms with E-state index in [1.165, 1.54) is 16.8 Å². The number of benzene rings is 2. The summed E-state index contributed by atoms with van der Waals surface area (Å²) in [5.41, 5.74) is 4.74. The molecule has 5 heteroatoms. The van der Waals surface area contributed by atoms with E-state index in [0.717, 1.165) is 37.9 Å². The number of hydrogen-bond acceptors (Lipinski definition) is 3. The molecule has 1 saturated carbocycles. The first kappa shape index (κ1) is 18.1. The van der Waals surface area contributed by atoms with Crippen molar-refractivity contribution in [3.63, 3.8) is 0 Å². The number of para-hydroxylation sites is 1. The maximum Gasteiger partial charge on any atom is 0.227 e. The second-order valence-electron chi connectivity index (χ2n) is 8.10. The van der Waals surface area contributed by atoms with E-state index in [1.54, 1.807) is 0 Å². The Morgan fingerprint density at radius 2 is 1.76 bits per heavy atom. The van der Waals surface area contributed by atoms with Gasteiger partial charge in [-0.15, -0.1) is 0 Å². The Morgan fingerprint density at radius 1 is 1.00 bits per heavy atom. The summed E-state index contributed by atoms with van der Waals surface area (Å²) in [4.78, 5) is 16.9. The molecule has 29 heavy (non-hydrogen) atoms. The number of aromatic nitrogens is 2. The topological polar surface area (TPSA) is 59.0 Å². The summed E-state index contributed by atoms with van der Waals surface area (Å²) >= 11 is 0. The number of rotatable bonds is 5. The lowest BCUT2D eigenvalue weighted by Gasteiger charge is -2.29. The van der Waals surface area contributed by atoms with E-state index in [-0.39, 0.29) is 11.8 Å². The Morgan fingerprint density at radius 3 is 2.59 bits per heavy atom. The van der Waals surface area contributed by atoms with Crippen LogP contribution in [-0.2, 0) is 4.79 Å². The third-order valence-corrected chi connectivity index (χ3v) is 6.34.